The molecule has 3 aromatic rings. The van der Waals surface area contributed by atoms with Crippen LogP contribution in [0, 0.1) is 5.41 Å². The Labute approximate surface area is 210 Å². The van der Waals surface area contributed by atoms with Gasteiger partial charge < -0.3 is 15.8 Å². The molecule has 0 unspecified atom stereocenters. The predicted molar refractivity (Wildman–Crippen MR) is 141 cm³/mol. The molecule has 11 heteroatoms. The van der Waals surface area contributed by atoms with Gasteiger partial charge in [0.2, 0.25) is 10.0 Å². The van der Waals surface area contributed by atoms with Gasteiger partial charge >= 0.3 is 6.03 Å². The van der Waals surface area contributed by atoms with E-state index in [4.69, 9.17) is 21.0 Å². The van der Waals surface area contributed by atoms with Crippen molar-refractivity contribution < 1.29 is 17.9 Å². The summed E-state index contributed by atoms with van der Waals surface area (Å²) in [7, 11) is -2.26. The number of hydrazine groups is 1. The number of sulfonamides is 1. The lowest BCUT2D eigenvalue weighted by Gasteiger charge is -2.25. The summed E-state index contributed by atoms with van der Waals surface area (Å²) < 4.78 is 29.0. The van der Waals surface area contributed by atoms with Gasteiger partial charge in [0, 0.05) is 37.1 Å². The number of nitrogen functional groups attached to an aromatic ring is 1. The molecule has 0 saturated heterocycles. The Kier molecular flexibility index (Phi) is 9.01. The third-order valence-electron chi connectivity index (χ3n) is 5.30. The molecule has 0 bridgehead atoms. The molecule has 0 aliphatic heterocycles. The molecular weight excluding hydrogens is 480 g/mol. The number of nitrogens with zero attached hydrogens (tertiary/aromatic N) is 1. The van der Waals surface area contributed by atoms with Crippen LogP contribution in [-0.4, -0.2) is 45.6 Å². The molecular formula is C25H30N6O4S. The maximum Gasteiger partial charge on any atom is 0.340 e. The summed E-state index contributed by atoms with van der Waals surface area (Å²) in [6, 6.07) is 19.8. The lowest BCUT2D eigenvalue weighted by Crippen LogP contribution is -2.40. The van der Waals surface area contributed by atoms with Crippen LogP contribution in [0.5, 0.6) is 0 Å². The summed E-state index contributed by atoms with van der Waals surface area (Å²) in [6.45, 7) is 0.982. The van der Waals surface area contributed by atoms with E-state index in [9.17, 15) is 13.2 Å². The number of nitrogens with one attached hydrogen (secondary N) is 3. The fourth-order valence-electron chi connectivity index (χ4n) is 3.51. The van der Waals surface area contributed by atoms with Crippen LogP contribution >= 0.6 is 0 Å². The Balaban J connectivity index is 1.77. The van der Waals surface area contributed by atoms with Gasteiger partial charge in [-0.25, -0.2) is 23.4 Å². The first-order valence-electron chi connectivity index (χ1n) is 11.2. The minimum atomic E-state index is -3.89. The highest BCUT2D eigenvalue weighted by molar-refractivity contribution is 7.89. The number of ether oxygens (including phenoxy) is 1. The number of hydrogen-bond acceptors (Lipinski definition) is 6. The molecule has 0 heterocycles. The van der Waals surface area contributed by atoms with E-state index in [1.54, 1.807) is 73.8 Å². The Morgan fingerprint density at radius 1 is 1.00 bits per heavy atom. The van der Waals surface area contributed by atoms with Crippen LogP contribution < -0.4 is 21.6 Å². The molecule has 0 aliphatic rings. The van der Waals surface area contributed by atoms with Gasteiger partial charge in [-0.1, -0.05) is 42.5 Å². The van der Waals surface area contributed by atoms with Gasteiger partial charge in [-0.05, 0) is 48.7 Å². The topological polar surface area (TPSA) is 164 Å². The molecule has 2 amide bonds. The van der Waals surface area contributed by atoms with Gasteiger partial charge in [-0.15, -0.1) is 0 Å². The molecule has 3 rings (SSSR count). The number of primary sulfonamides is 1. The smallest absolute Gasteiger partial charge is 0.340 e. The van der Waals surface area contributed by atoms with Crippen molar-refractivity contribution in [2.24, 2.45) is 10.9 Å². The number of unbranched alkanes of at least 4 members (excludes halogenated alkanes) is 1. The molecule has 0 aromatic heterocycles. The normalized spacial score (nSPS) is 11.1. The van der Waals surface area contributed by atoms with E-state index in [1.165, 1.54) is 11.1 Å². The van der Waals surface area contributed by atoms with Gasteiger partial charge in [0.15, 0.2) is 0 Å². The quantitative estimate of drug-likeness (QED) is 0.115. The second-order valence-electron chi connectivity index (χ2n) is 8.01. The van der Waals surface area contributed by atoms with Crippen molar-refractivity contribution in [2.75, 3.05) is 31.0 Å². The van der Waals surface area contributed by atoms with Crippen LogP contribution in [0.2, 0.25) is 0 Å². The Morgan fingerprint density at radius 2 is 1.72 bits per heavy atom. The van der Waals surface area contributed by atoms with Crippen LogP contribution in [0.25, 0.3) is 11.1 Å². The van der Waals surface area contributed by atoms with Crippen molar-refractivity contribution in [1.82, 2.24) is 5.01 Å². The average molecular weight is 511 g/mol. The summed E-state index contributed by atoms with van der Waals surface area (Å²) in [5.74, 6) is -0.0705. The summed E-state index contributed by atoms with van der Waals surface area (Å²) >= 11 is 0. The zero-order chi connectivity index (χ0) is 26.1. The third kappa shape index (κ3) is 7.28. The summed E-state index contributed by atoms with van der Waals surface area (Å²) in [5, 5.41) is 17.3. The molecule has 0 spiro atoms. The van der Waals surface area contributed by atoms with E-state index in [-0.39, 0.29) is 10.7 Å². The number of carbonyl (C=O) groups is 1. The van der Waals surface area contributed by atoms with Crippen LogP contribution in [0.1, 0.15) is 18.4 Å². The first kappa shape index (κ1) is 26.7. The first-order chi connectivity index (χ1) is 17.2. The zero-order valence-electron chi connectivity index (χ0n) is 19.9. The first-order valence-corrected chi connectivity index (χ1v) is 12.7. The van der Waals surface area contributed by atoms with Crippen LogP contribution in [0.3, 0.4) is 0 Å². The second-order valence-corrected chi connectivity index (χ2v) is 9.54. The number of anilines is 2. The minimum absolute atomic E-state index is 0.0287. The Bertz CT molecular complexity index is 1310. The van der Waals surface area contributed by atoms with Gasteiger partial charge in [0.05, 0.1) is 10.6 Å². The van der Waals surface area contributed by atoms with Crippen LogP contribution in [0.15, 0.2) is 77.7 Å². The van der Waals surface area contributed by atoms with Gasteiger partial charge in [-0.3, -0.25) is 10.8 Å². The maximum atomic E-state index is 13.1. The van der Waals surface area contributed by atoms with Gasteiger partial charge in [0.25, 0.3) is 0 Å². The van der Waals surface area contributed by atoms with Crippen LogP contribution in [-0.2, 0) is 14.8 Å². The van der Waals surface area contributed by atoms with E-state index in [0.717, 1.165) is 6.42 Å². The number of methoxy groups -OCH3 is 1. The highest BCUT2D eigenvalue weighted by atomic mass is 32.2. The molecule has 0 radical (unpaired) electrons. The molecule has 10 nitrogen and oxygen atoms in total. The number of amidine groups is 1. The minimum Gasteiger partial charge on any atom is -0.385 e. The van der Waals surface area contributed by atoms with E-state index < -0.39 is 16.1 Å². The Morgan fingerprint density at radius 3 is 2.39 bits per heavy atom. The summed E-state index contributed by atoms with van der Waals surface area (Å²) in [4.78, 5) is 13.1. The molecule has 0 fully saturated rings. The SMILES string of the molecule is COCCCCN(Nc1cccc(C(=N)N)c1)C(=O)Nc1ccc(-c2ccccc2S(N)(=O)=O)cc1. The average Bonchev–Trinajstić information content (AvgIpc) is 2.86. The zero-order valence-corrected chi connectivity index (χ0v) is 20.7. The molecule has 0 atom stereocenters. The van der Waals surface area contributed by atoms with Crippen molar-refractivity contribution in [3.05, 3.63) is 78.4 Å². The Hall–Kier alpha value is -3.93. The van der Waals surface area contributed by atoms with Gasteiger partial charge in [0.1, 0.15) is 5.84 Å². The lowest BCUT2D eigenvalue weighted by molar-refractivity contribution is 0.186. The van der Waals surface area contributed by atoms with Gasteiger partial charge in [-0.2, -0.15) is 0 Å². The number of benzene rings is 3. The monoisotopic (exact) mass is 510 g/mol. The number of amides is 2. The molecule has 190 valence electrons. The number of urea groups is 1. The van der Waals surface area contributed by atoms with Crippen LogP contribution in [0.4, 0.5) is 16.2 Å². The fourth-order valence-corrected chi connectivity index (χ4v) is 4.27. The number of carbonyl (C=O) groups excluding carboxylic acids is 1. The largest absolute Gasteiger partial charge is 0.385 e. The van der Waals surface area contributed by atoms with E-state index in [1.807, 2.05) is 0 Å². The molecule has 0 saturated carbocycles. The predicted octanol–water partition coefficient (Wildman–Crippen LogP) is 3.57. The molecule has 3 aromatic carbocycles. The van der Waals surface area contributed by atoms with E-state index >= 15 is 0 Å². The summed E-state index contributed by atoms with van der Waals surface area (Å²) in [5.41, 5.74) is 11.5. The lowest BCUT2D eigenvalue weighted by atomic mass is 10.1. The molecule has 36 heavy (non-hydrogen) atoms. The molecule has 0 aliphatic carbocycles. The van der Waals surface area contributed by atoms with E-state index in [2.05, 4.69) is 10.7 Å². The maximum absolute atomic E-state index is 13.1. The molecule has 7 N–H and O–H groups in total. The second kappa shape index (κ2) is 12.2. The summed E-state index contributed by atoms with van der Waals surface area (Å²) in [6.07, 6.45) is 1.47. The van der Waals surface area contributed by atoms with E-state index in [0.29, 0.717) is 47.6 Å². The standard InChI is InChI=1S/C25H30N6O4S/c1-35-16-5-4-15-31(30-21-8-6-7-19(17-21)24(26)27)25(32)29-20-13-11-18(12-14-20)22-9-2-3-10-23(22)36(28,33)34/h2-3,6-14,17,30H,4-5,15-16H2,1H3,(H3,26,27)(H,29,32)(H2,28,33,34). The van der Waals surface area contributed by atoms with Crippen molar-refractivity contribution in [2.45, 2.75) is 17.7 Å². The third-order valence-corrected chi connectivity index (χ3v) is 6.27. The fraction of sp³-hybridized carbons (Fsp3) is 0.200. The number of nitrogens with two attached hydrogens (primary N) is 2. The highest BCUT2D eigenvalue weighted by Crippen LogP contribution is 2.27. The highest BCUT2D eigenvalue weighted by Gasteiger charge is 2.16. The van der Waals surface area contributed by atoms with Crippen molar-refractivity contribution in [1.29, 1.82) is 5.41 Å². The van der Waals surface area contributed by atoms with Crippen molar-refractivity contribution >= 4 is 33.3 Å². The van der Waals surface area contributed by atoms with Crippen molar-refractivity contribution in [3.8, 4) is 11.1 Å². The number of hydrogen-bond donors (Lipinski definition) is 5. The van der Waals surface area contributed by atoms with Crippen molar-refractivity contribution in [3.63, 3.8) is 0 Å². The number of rotatable bonds is 11.